The Morgan fingerprint density at radius 1 is 1.32 bits per heavy atom. The van der Waals surface area contributed by atoms with Gasteiger partial charge < -0.3 is 15.5 Å². The molecule has 0 radical (unpaired) electrons. The van der Waals surface area contributed by atoms with Crippen molar-refractivity contribution in [2.24, 2.45) is 0 Å². The summed E-state index contributed by atoms with van der Waals surface area (Å²) in [7, 11) is 0. The number of nitrogens with one attached hydrogen (secondary N) is 1. The van der Waals surface area contributed by atoms with Crippen molar-refractivity contribution in [3.05, 3.63) is 35.9 Å². The third-order valence-electron chi connectivity index (χ3n) is 2.41. The van der Waals surface area contributed by atoms with Crippen molar-refractivity contribution in [2.75, 3.05) is 5.75 Å². The molecule has 1 amide bonds. The fraction of sp³-hybridized carbons (Fsp3) is 0.385. The zero-order chi connectivity index (χ0) is 14.3. The number of rotatable bonds is 7. The van der Waals surface area contributed by atoms with E-state index in [1.807, 2.05) is 30.3 Å². The lowest BCUT2D eigenvalue weighted by molar-refractivity contribution is -0.144. The summed E-state index contributed by atoms with van der Waals surface area (Å²) < 4.78 is 0. The van der Waals surface area contributed by atoms with E-state index in [0.717, 1.165) is 5.56 Å². The maximum absolute atomic E-state index is 11.5. The van der Waals surface area contributed by atoms with Gasteiger partial charge in [0.2, 0.25) is 5.91 Å². The van der Waals surface area contributed by atoms with Crippen LogP contribution in [0.15, 0.2) is 30.3 Å². The quantitative estimate of drug-likeness (QED) is 0.691. The predicted molar refractivity (Wildman–Crippen MR) is 73.9 cm³/mol. The number of carboxylic acids is 1. The SMILES string of the molecule is CC(O)C(NC(=O)CSCc1ccccc1)C(=O)O. The topological polar surface area (TPSA) is 86.6 Å². The van der Waals surface area contributed by atoms with Crippen LogP contribution in [0.4, 0.5) is 0 Å². The highest BCUT2D eigenvalue weighted by Crippen LogP contribution is 2.11. The maximum atomic E-state index is 11.5. The van der Waals surface area contributed by atoms with Crippen molar-refractivity contribution < 1.29 is 19.8 Å². The molecule has 19 heavy (non-hydrogen) atoms. The minimum atomic E-state index is -1.26. The number of carbonyl (C=O) groups is 2. The van der Waals surface area contributed by atoms with Crippen molar-refractivity contribution in [3.8, 4) is 0 Å². The molecular weight excluding hydrogens is 266 g/mol. The van der Waals surface area contributed by atoms with Gasteiger partial charge in [-0.25, -0.2) is 4.79 Å². The molecule has 0 saturated heterocycles. The summed E-state index contributed by atoms with van der Waals surface area (Å²) in [6.07, 6.45) is -1.12. The zero-order valence-electron chi connectivity index (χ0n) is 10.6. The van der Waals surface area contributed by atoms with Crippen LogP contribution in [0.1, 0.15) is 12.5 Å². The number of benzene rings is 1. The van der Waals surface area contributed by atoms with Crippen molar-refractivity contribution in [1.29, 1.82) is 0 Å². The number of thioether (sulfide) groups is 1. The van der Waals surface area contributed by atoms with E-state index >= 15 is 0 Å². The minimum absolute atomic E-state index is 0.158. The maximum Gasteiger partial charge on any atom is 0.328 e. The van der Waals surface area contributed by atoms with Gasteiger partial charge in [0, 0.05) is 5.75 Å². The molecule has 2 atom stereocenters. The van der Waals surface area contributed by atoms with Gasteiger partial charge in [-0.05, 0) is 12.5 Å². The van der Waals surface area contributed by atoms with Crippen LogP contribution in [-0.2, 0) is 15.3 Å². The Hall–Kier alpha value is -1.53. The molecule has 6 heteroatoms. The first kappa shape index (κ1) is 15.5. The number of hydrogen-bond donors (Lipinski definition) is 3. The Balaban J connectivity index is 2.33. The van der Waals surface area contributed by atoms with Gasteiger partial charge in [-0.1, -0.05) is 30.3 Å². The molecule has 0 aliphatic heterocycles. The van der Waals surface area contributed by atoms with Crippen molar-refractivity contribution in [1.82, 2.24) is 5.32 Å². The van der Waals surface area contributed by atoms with Crippen LogP contribution in [0.25, 0.3) is 0 Å². The second-order valence-corrected chi connectivity index (χ2v) is 5.09. The number of aliphatic hydroxyl groups is 1. The fourth-order valence-electron chi connectivity index (χ4n) is 1.44. The molecule has 0 aromatic heterocycles. The van der Waals surface area contributed by atoms with Gasteiger partial charge in [0.25, 0.3) is 0 Å². The highest BCUT2D eigenvalue weighted by atomic mass is 32.2. The van der Waals surface area contributed by atoms with E-state index in [4.69, 9.17) is 5.11 Å². The van der Waals surface area contributed by atoms with Crippen LogP contribution in [0.2, 0.25) is 0 Å². The van der Waals surface area contributed by atoms with Gasteiger partial charge in [-0.2, -0.15) is 0 Å². The highest BCUT2D eigenvalue weighted by molar-refractivity contribution is 7.99. The Bertz CT molecular complexity index is 422. The Kier molecular flexibility index (Phi) is 6.38. The van der Waals surface area contributed by atoms with E-state index in [1.165, 1.54) is 18.7 Å². The van der Waals surface area contributed by atoms with Crippen molar-refractivity contribution in [2.45, 2.75) is 24.8 Å². The second-order valence-electron chi connectivity index (χ2n) is 4.10. The van der Waals surface area contributed by atoms with Gasteiger partial charge in [-0.15, -0.1) is 11.8 Å². The average molecular weight is 283 g/mol. The smallest absolute Gasteiger partial charge is 0.328 e. The average Bonchev–Trinajstić information content (AvgIpc) is 2.36. The minimum Gasteiger partial charge on any atom is -0.480 e. The molecule has 0 aliphatic rings. The van der Waals surface area contributed by atoms with E-state index in [-0.39, 0.29) is 5.75 Å². The fourth-order valence-corrected chi connectivity index (χ4v) is 2.24. The lowest BCUT2D eigenvalue weighted by Crippen LogP contribution is -2.48. The zero-order valence-corrected chi connectivity index (χ0v) is 11.4. The Labute approximate surface area is 116 Å². The second kappa shape index (κ2) is 7.81. The lowest BCUT2D eigenvalue weighted by atomic mass is 10.2. The van der Waals surface area contributed by atoms with Gasteiger partial charge in [-0.3, -0.25) is 4.79 Å². The summed E-state index contributed by atoms with van der Waals surface area (Å²) in [6.45, 7) is 1.33. The first-order valence-corrected chi connectivity index (χ1v) is 6.98. The Morgan fingerprint density at radius 3 is 2.47 bits per heavy atom. The van der Waals surface area contributed by atoms with Crippen LogP contribution in [-0.4, -0.2) is 40.0 Å². The van der Waals surface area contributed by atoms with E-state index in [0.29, 0.717) is 5.75 Å². The van der Waals surface area contributed by atoms with Crippen LogP contribution >= 0.6 is 11.8 Å². The molecule has 0 bridgehead atoms. The number of carbonyl (C=O) groups excluding carboxylic acids is 1. The lowest BCUT2D eigenvalue weighted by Gasteiger charge is -2.16. The predicted octanol–water partition coefficient (Wildman–Crippen LogP) is 0.870. The van der Waals surface area contributed by atoms with Crippen LogP contribution < -0.4 is 5.32 Å². The van der Waals surface area contributed by atoms with Crippen LogP contribution in [0.3, 0.4) is 0 Å². The standard InChI is InChI=1S/C13H17NO4S/c1-9(15)12(13(17)18)14-11(16)8-19-7-10-5-3-2-4-6-10/h2-6,9,12,15H,7-8H2,1H3,(H,14,16)(H,17,18). The molecule has 0 saturated carbocycles. The third kappa shape index (κ3) is 5.76. The van der Waals surface area contributed by atoms with Crippen LogP contribution in [0, 0.1) is 0 Å². The largest absolute Gasteiger partial charge is 0.480 e. The Morgan fingerprint density at radius 2 is 1.95 bits per heavy atom. The number of amides is 1. The third-order valence-corrected chi connectivity index (χ3v) is 3.41. The molecule has 0 spiro atoms. The van der Waals surface area contributed by atoms with Crippen molar-refractivity contribution in [3.63, 3.8) is 0 Å². The summed E-state index contributed by atoms with van der Waals surface area (Å²) in [5, 5.41) is 20.3. The molecule has 0 fully saturated rings. The summed E-state index contributed by atoms with van der Waals surface area (Å²) in [4.78, 5) is 22.3. The first-order valence-electron chi connectivity index (χ1n) is 5.82. The molecule has 2 unspecified atom stereocenters. The molecule has 1 rings (SSSR count). The molecule has 104 valence electrons. The molecule has 1 aromatic rings. The van der Waals surface area contributed by atoms with E-state index in [1.54, 1.807) is 0 Å². The number of carboxylic acid groups (broad SMARTS) is 1. The molecule has 3 N–H and O–H groups in total. The molecule has 0 aliphatic carbocycles. The van der Waals surface area contributed by atoms with E-state index < -0.39 is 24.0 Å². The van der Waals surface area contributed by atoms with Crippen molar-refractivity contribution >= 4 is 23.6 Å². The van der Waals surface area contributed by atoms with E-state index in [9.17, 15) is 14.7 Å². The molecular formula is C13H17NO4S. The van der Waals surface area contributed by atoms with E-state index in [2.05, 4.69) is 5.32 Å². The summed E-state index contributed by atoms with van der Waals surface area (Å²) in [5.74, 6) is -0.794. The van der Waals surface area contributed by atoms with Gasteiger partial charge in [0.1, 0.15) is 0 Å². The number of hydrogen-bond acceptors (Lipinski definition) is 4. The van der Waals surface area contributed by atoms with Gasteiger partial charge in [0.05, 0.1) is 11.9 Å². The highest BCUT2D eigenvalue weighted by Gasteiger charge is 2.24. The summed E-state index contributed by atoms with van der Waals surface area (Å²) >= 11 is 1.39. The number of aliphatic hydroxyl groups excluding tert-OH is 1. The molecule has 1 aromatic carbocycles. The van der Waals surface area contributed by atoms with Crippen LogP contribution in [0.5, 0.6) is 0 Å². The summed E-state index contributed by atoms with van der Waals surface area (Å²) in [6, 6.07) is 8.42. The number of aliphatic carboxylic acids is 1. The summed E-state index contributed by atoms with van der Waals surface area (Å²) in [5.41, 5.74) is 1.10. The first-order chi connectivity index (χ1) is 9.00. The molecule has 0 heterocycles. The van der Waals surface area contributed by atoms with Gasteiger partial charge >= 0.3 is 5.97 Å². The molecule has 5 nitrogen and oxygen atoms in total. The monoisotopic (exact) mass is 283 g/mol. The normalized spacial score (nSPS) is 13.6. The van der Waals surface area contributed by atoms with Gasteiger partial charge in [0.15, 0.2) is 6.04 Å².